The van der Waals surface area contributed by atoms with Gasteiger partial charge in [-0.25, -0.2) is 4.98 Å². The molecule has 2 N–H and O–H groups in total. The van der Waals surface area contributed by atoms with Gasteiger partial charge in [-0.15, -0.1) is 11.3 Å². The van der Waals surface area contributed by atoms with Gasteiger partial charge in [0.25, 0.3) is 5.91 Å². The third kappa shape index (κ3) is 3.40. The van der Waals surface area contributed by atoms with E-state index in [2.05, 4.69) is 15.6 Å². The van der Waals surface area contributed by atoms with Gasteiger partial charge in [-0.2, -0.15) is 13.2 Å². The van der Waals surface area contributed by atoms with E-state index in [0.717, 1.165) is 23.5 Å². The predicted molar refractivity (Wildman–Crippen MR) is 81.4 cm³/mol. The second-order valence-corrected chi connectivity index (χ2v) is 6.08. The maximum Gasteiger partial charge on any atom is 0.416 e. The second-order valence-electron chi connectivity index (χ2n) is 5.22. The number of amides is 2. The van der Waals surface area contributed by atoms with E-state index in [9.17, 15) is 22.8 Å². The molecule has 126 valence electrons. The molecule has 1 saturated heterocycles. The molecule has 1 aromatic heterocycles. The van der Waals surface area contributed by atoms with Crippen LogP contribution in [0.25, 0.3) is 10.6 Å². The zero-order chi connectivity index (χ0) is 17.3. The van der Waals surface area contributed by atoms with Crippen LogP contribution in [0.15, 0.2) is 29.6 Å². The third-order valence-electron chi connectivity index (χ3n) is 3.55. The number of carbonyl (C=O) groups excluding carboxylic acids is 2. The molecule has 0 saturated carbocycles. The van der Waals surface area contributed by atoms with Crippen LogP contribution in [-0.4, -0.2) is 29.4 Å². The molecule has 9 heteroatoms. The van der Waals surface area contributed by atoms with E-state index in [1.54, 1.807) is 0 Å². The van der Waals surface area contributed by atoms with Crippen LogP contribution >= 0.6 is 11.3 Å². The van der Waals surface area contributed by atoms with Gasteiger partial charge in [-0.1, -0.05) is 12.1 Å². The Kier molecular flexibility index (Phi) is 4.27. The summed E-state index contributed by atoms with van der Waals surface area (Å²) < 4.78 is 37.7. The Morgan fingerprint density at radius 2 is 2.00 bits per heavy atom. The van der Waals surface area contributed by atoms with Gasteiger partial charge in [0.15, 0.2) is 0 Å². The van der Waals surface area contributed by atoms with Crippen LogP contribution in [-0.2, 0) is 11.0 Å². The highest BCUT2D eigenvalue weighted by molar-refractivity contribution is 7.13. The quantitative estimate of drug-likeness (QED) is 0.888. The molecule has 2 heterocycles. The van der Waals surface area contributed by atoms with Gasteiger partial charge in [0.05, 0.1) is 5.56 Å². The molecule has 1 aromatic carbocycles. The van der Waals surface area contributed by atoms with Crippen molar-refractivity contribution in [2.75, 3.05) is 6.54 Å². The molecular weight excluding hydrogens is 343 g/mol. The number of benzene rings is 1. The number of thiazole rings is 1. The van der Waals surface area contributed by atoms with Gasteiger partial charge < -0.3 is 10.6 Å². The molecule has 0 aliphatic carbocycles. The van der Waals surface area contributed by atoms with E-state index in [-0.39, 0.29) is 11.6 Å². The van der Waals surface area contributed by atoms with E-state index in [1.807, 2.05) is 0 Å². The predicted octanol–water partition coefficient (Wildman–Crippen LogP) is 2.45. The van der Waals surface area contributed by atoms with Gasteiger partial charge in [0, 0.05) is 17.5 Å². The number of aromatic nitrogens is 1. The SMILES string of the molecule is O=C(N[C@H]1CCNC1=O)c1csc(-c2ccc(C(F)(F)F)cc2)n1. The Hall–Kier alpha value is -2.42. The monoisotopic (exact) mass is 355 g/mol. The van der Waals surface area contributed by atoms with Crippen LogP contribution in [0.1, 0.15) is 22.5 Å². The van der Waals surface area contributed by atoms with Gasteiger partial charge in [-0.05, 0) is 18.6 Å². The Morgan fingerprint density at radius 1 is 1.29 bits per heavy atom. The summed E-state index contributed by atoms with van der Waals surface area (Å²) in [6, 6.07) is 3.99. The van der Waals surface area contributed by atoms with Crippen molar-refractivity contribution in [3.8, 4) is 10.6 Å². The molecule has 2 amide bonds. The number of hydrogen-bond donors (Lipinski definition) is 2. The summed E-state index contributed by atoms with van der Waals surface area (Å²) in [5, 5.41) is 7.14. The zero-order valence-corrected chi connectivity index (χ0v) is 13.0. The largest absolute Gasteiger partial charge is 0.416 e. The average molecular weight is 355 g/mol. The Balaban J connectivity index is 1.73. The number of halogens is 3. The molecule has 0 unspecified atom stereocenters. The number of alkyl halides is 3. The van der Waals surface area contributed by atoms with Gasteiger partial charge in [0.1, 0.15) is 16.7 Å². The van der Waals surface area contributed by atoms with Gasteiger partial charge in [0.2, 0.25) is 5.91 Å². The average Bonchev–Trinajstić information content (AvgIpc) is 3.16. The van der Waals surface area contributed by atoms with E-state index < -0.39 is 23.7 Å². The minimum Gasteiger partial charge on any atom is -0.354 e. The summed E-state index contributed by atoms with van der Waals surface area (Å²) in [7, 11) is 0. The summed E-state index contributed by atoms with van der Waals surface area (Å²) in [5.74, 6) is -0.715. The molecule has 1 aliphatic rings. The molecule has 5 nitrogen and oxygen atoms in total. The third-order valence-corrected chi connectivity index (χ3v) is 4.44. The summed E-state index contributed by atoms with van der Waals surface area (Å²) in [6.45, 7) is 0.512. The van der Waals surface area contributed by atoms with E-state index in [0.29, 0.717) is 23.5 Å². The fraction of sp³-hybridized carbons (Fsp3) is 0.267. The van der Waals surface area contributed by atoms with Crippen LogP contribution in [0.3, 0.4) is 0 Å². The van der Waals surface area contributed by atoms with E-state index >= 15 is 0 Å². The van der Waals surface area contributed by atoms with Crippen LogP contribution in [0.4, 0.5) is 13.2 Å². The fourth-order valence-electron chi connectivity index (χ4n) is 2.28. The lowest BCUT2D eigenvalue weighted by molar-refractivity contribution is -0.137. The van der Waals surface area contributed by atoms with Crippen LogP contribution in [0.2, 0.25) is 0 Å². The fourth-order valence-corrected chi connectivity index (χ4v) is 3.08. The van der Waals surface area contributed by atoms with Crippen molar-refractivity contribution in [3.05, 3.63) is 40.9 Å². The lowest BCUT2D eigenvalue weighted by atomic mass is 10.1. The molecule has 1 aliphatic heterocycles. The van der Waals surface area contributed by atoms with E-state index in [1.165, 1.54) is 17.5 Å². The first-order valence-corrected chi connectivity index (χ1v) is 7.94. The van der Waals surface area contributed by atoms with Crippen LogP contribution < -0.4 is 10.6 Å². The lowest BCUT2D eigenvalue weighted by Gasteiger charge is -2.08. The van der Waals surface area contributed by atoms with Crippen molar-refractivity contribution < 1.29 is 22.8 Å². The molecule has 1 fully saturated rings. The molecule has 2 aromatic rings. The minimum atomic E-state index is -4.39. The number of hydrogen-bond acceptors (Lipinski definition) is 4. The molecular formula is C15H12F3N3O2S. The number of rotatable bonds is 3. The van der Waals surface area contributed by atoms with Crippen molar-refractivity contribution in [1.29, 1.82) is 0 Å². The summed E-state index contributed by atoms with van der Waals surface area (Å²) >= 11 is 1.15. The number of nitrogens with one attached hydrogen (secondary N) is 2. The summed E-state index contributed by atoms with van der Waals surface area (Å²) in [4.78, 5) is 27.7. The minimum absolute atomic E-state index is 0.134. The first-order valence-electron chi connectivity index (χ1n) is 7.06. The normalized spacial score (nSPS) is 17.6. The molecule has 0 radical (unpaired) electrons. The van der Waals surface area contributed by atoms with Crippen molar-refractivity contribution in [1.82, 2.24) is 15.6 Å². The van der Waals surface area contributed by atoms with Crippen LogP contribution in [0, 0.1) is 0 Å². The van der Waals surface area contributed by atoms with Crippen molar-refractivity contribution in [2.45, 2.75) is 18.6 Å². The van der Waals surface area contributed by atoms with Gasteiger partial charge in [-0.3, -0.25) is 9.59 Å². The standard InChI is InChI=1S/C15H12F3N3O2S/c16-15(17,18)9-3-1-8(2-4-9)14-21-11(7-24-14)13(23)20-10-5-6-19-12(10)22/h1-4,7,10H,5-6H2,(H,19,22)(H,20,23)/t10-/m0/s1. The summed E-state index contributed by atoms with van der Waals surface area (Å²) in [5.41, 5.74) is -0.117. The molecule has 3 rings (SSSR count). The Labute approximate surface area is 138 Å². The molecule has 24 heavy (non-hydrogen) atoms. The maximum atomic E-state index is 12.6. The highest BCUT2D eigenvalue weighted by Crippen LogP contribution is 2.31. The first-order chi connectivity index (χ1) is 11.3. The number of carbonyl (C=O) groups is 2. The van der Waals surface area contributed by atoms with Gasteiger partial charge >= 0.3 is 6.18 Å². The molecule has 1 atom stereocenters. The lowest BCUT2D eigenvalue weighted by Crippen LogP contribution is -2.40. The highest BCUT2D eigenvalue weighted by Gasteiger charge is 2.30. The Bertz CT molecular complexity index is 771. The smallest absolute Gasteiger partial charge is 0.354 e. The zero-order valence-electron chi connectivity index (χ0n) is 12.2. The van der Waals surface area contributed by atoms with Crippen LogP contribution in [0.5, 0.6) is 0 Å². The van der Waals surface area contributed by atoms with Crippen molar-refractivity contribution in [2.24, 2.45) is 0 Å². The van der Waals surface area contributed by atoms with Crippen molar-refractivity contribution >= 4 is 23.2 Å². The van der Waals surface area contributed by atoms with E-state index in [4.69, 9.17) is 0 Å². The highest BCUT2D eigenvalue weighted by atomic mass is 32.1. The second kappa shape index (κ2) is 6.23. The number of nitrogens with zero attached hydrogens (tertiary/aromatic N) is 1. The first kappa shape index (κ1) is 16.4. The van der Waals surface area contributed by atoms with Crippen molar-refractivity contribution in [3.63, 3.8) is 0 Å². The Morgan fingerprint density at radius 3 is 2.58 bits per heavy atom. The molecule has 0 spiro atoms. The summed E-state index contributed by atoms with van der Waals surface area (Å²) in [6.07, 6.45) is -3.88. The molecule has 0 bridgehead atoms. The topological polar surface area (TPSA) is 71.1 Å². The maximum absolute atomic E-state index is 12.6.